The van der Waals surface area contributed by atoms with Gasteiger partial charge in [0.25, 0.3) is 0 Å². The molecule has 3 nitrogen and oxygen atoms in total. The number of aromatic nitrogens is 1. The molecule has 1 heterocycles. The fourth-order valence-corrected chi connectivity index (χ4v) is 1.86. The first-order valence-electron chi connectivity index (χ1n) is 6.36. The van der Waals surface area contributed by atoms with Crippen molar-refractivity contribution in [2.45, 2.75) is 19.9 Å². The van der Waals surface area contributed by atoms with Gasteiger partial charge in [0.1, 0.15) is 5.82 Å². The lowest BCUT2D eigenvalue weighted by atomic mass is 10.2. The molecule has 0 fully saturated rings. The molecule has 0 aliphatic rings. The topological polar surface area (TPSA) is 28.2 Å². The number of hydrogen-bond donors (Lipinski definition) is 1. The van der Waals surface area contributed by atoms with Gasteiger partial charge in [0.05, 0.1) is 0 Å². The SMILES string of the molecule is C=CCN(CC=C)c1cc(CNC)cc(CC)n1. The molecule has 18 heavy (non-hydrogen) atoms. The van der Waals surface area contributed by atoms with Gasteiger partial charge < -0.3 is 10.2 Å². The predicted molar refractivity (Wildman–Crippen MR) is 79.0 cm³/mol. The third-order valence-electron chi connectivity index (χ3n) is 2.69. The molecule has 1 aromatic heterocycles. The fourth-order valence-electron chi connectivity index (χ4n) is 1.86. The van der Waals surface area contributed by atoms with E-state index in [1.165, 1.54) is 5.56 Å². The lowest BCUT2D eigenvalue weighted by Crippen LogP contribution is -2.25. The lowest BCUT2D eigenvalue weighted by molar-refractivity contribution is 0.806. The lowest BCUT2D eigenvalue weighted by Gasteiger charge is -2.22. The van der Waals surface area contributed by atoms with E-state index < -0.39 is 0 Å². The van der Waals surface area contributed by atoms with Crippen LogP contribution in [-0.4, -0.2) is 25.1 Å². The quantitative estimate of drug-likeness (QED) is 0.713. The zero-order valence-electron chi connectivity index (χ0n) is 11.4. The van der Waals surface area contributed by atoms with Crippen LogP contribution < -0.4 is 10.2 Å². The second-order valence-corrected chi connectivity index (χ2v) is 4.19. The number of nitrogens with one attached hydrogen (secondary N) is 1. The van der Waals surface area contributed by atoms with E-state index in [9.17, 15) is 0 Å². The average molecular weight is 245 g/mol. The van der Waals surface area contributed by atoms with Crippen LogP contribution in [0, 0.1) is 0 Å². The van der Waals surface area contributed by atoms with Crippen LogP contribution in [0.15, 0.2) is 37.4 Å². The second kappa shape index (κ2) is 7.67. The predicted octanol–water partition coefficient (Wildman–Crippen LogP) is 2.54. The Hall–Kier alpha value is -1.61. The summed E-state index contributed by atoms with van der Waals surface area (Å²) in [5.41, 5.74) is 2.38. The highest BCUT2D eigenvalue weighted by atomic mass is 15.2. The summed E-state index contributed by atoms with van der Waals surface area (Å²) in [5.74, 6) is 0.999. The Kier molecular flexibility index (Phi) is 6.15. The van der Waals surface area contributed by atoms with Gasteiger partial charge in [-0.15, -0.1) is 13.2 Å². The van der Waals surface area contributed by atoms with Crippen molar-refractivity contribution in [1.29, 1.82) is 0 Å². The van der Waals surface area contributed by atoms with Gasteiger partial charge in [-0.1, -0.05) is 19.1 Å². The van der Waals surface area contributed by atoms with E-state index in [0.29, 0.717) is 0 Å². The summed E-state index contributed by atoms with van der Waals surface area (Å²) in [6.45, 7) is 12.1. The van der Waals surface area contributed by atoms with E-state index in [-0.39, 0.29) is 0 Å². The van der Waals surface area contributed by atoms with Crippen molar-refractivity contribution in [2.24, 2.45) is 0 Å². The molecule has 0 spiro atoms. The molecule has 0 aliphatic heterocycles. The minimum Gasteiger partial charge on any atom is -0.349 e. The Morgan fingerprint density at radius 1 is 1.28 bits per heavy atom. The number of aryl methyl sites for hydroxylation is 1. The van der Waals surface area contributed by atoms with Crippen molar-refractivity contribution in [3.63, 3.8) is 0 Å². The standard InChI is InChI=1S/C15H23N3/c1-5-8-18(9-6-2)15-11-13(12-16-4)10-14(7-3)17-15/h5-6,10-11,16H,1-2,7-9,12H2,3-4H3. The Morgan fingerprint density at radius 2 is 1.94 bits per heavy atom. The Bertz CT molecular complexity index is 389. The molecule has 1 aromatic rings. The zero-order valence-corrected chi connectivity index (χ0v) is 11.4. The van der Waals surface area contributed by atoms with E-state index in [2.05, 4.69) is 47.4 Å². The molecule has 0 aliphatic carbocycles. The monoisotopic (exact) mass is 245 g/mol. The molecule has 0 radical (unpaired) electrons. The van der Waals surface area contributed by atoms with Crippen molar-refractivity contribution in [3.05, 3.63) is 48.7 Å². The number of hydrogen-bond acceptors (Lipinski definition) is 3. The number of pyridine rings is 1. The minimum absolute atomic E-state index is 0.783. The molecule has 3 heteroatoms. The van der Waals surface area contributed by atoms with E-state index in [1.54, 1.807) is 0 Å². The maximum atomic E-state index is 4.67. The van der Waals surface area contributed by atoms with Crippen molar-refractivity contribution in [3.8, 4) is 0 Å². The van der Waals surface area contributed by atoms with Gasteiger partial charge >= 0.3 is 0 Å². The highest BCUT2D eigenvalue weighted by Gasteiger charge is 2.07. The van der Waals surface area contributed by atoms with Gasteiger partial charge in [-0.3, -0.25) is 0 Å². The highest BCUT2D eigenvalue weighted by molar-refractivity contribution is 5.44. The first-order chi connectivity index (χ1) is 8.74. The van der Waals surface area contributed by atoms with Crippen LogP contribution in [0.4, 0.5) is 5.82 Å². The zero-order chi connectivity index (χ0) is 13.4. The highest BCUT2D eigenvalue weighted by Crippen LogP contribution is 2.16. The first kappa shape index (κ1) is 14.5. The molecule has 1 N–H and O–H groups in total. The van der Waals surface area contributed by atoms with Gasteiger partial charge in [-0.2, -0.15) is 0 Å². The van der Waals surface area contributed by atoms with Crippen LogP contribution in [0.25, 0.3) is 0 Å². The van der Waals surface area contributed by atoms with Crippen molar-refractivity contribution >= 4 is 5.82 Å². The normalized spacial score (nSPS) is 10.1. The van der Waals surface area contributed by atoms with Gasteiger partial charge in [0.15, 0.2) is 0 Å². The largest absolute Gasteiger partial charge is 0.349 e. The summed E-state index contributed by atoms with van der Waals surface area (Å²) in [6, 6.07) is 4.28. The van der Waals surface area contributed by atoms with Gasteiger partial charge in [-0.25, -0.2) is 4.98 Å². The van der Waals surface area contributed by atoms with Crippen LogP contribution in [0.2, 0.25) is 0 Å². The molecule has 0 aromatic carbocycles. The average Bonchev–Trinajstić information content (AvgIpc) is 2.38. The van der Waals surface area contributed by atoms with Crippen LogP contribution in [0.5, 0.6) is 0 Å². The van der Waals surface area contributed by atoms with Crippen LogP contribution >= 0.6 is 0 Å². The summed E-state index contributed by atoms with van der Waals surface area (Å²) in [6.07, 6.45) is 4.73. The van der Waals surface area contributed by atoms with Crippen LogP contribution in [-0.2, 0) is 13.0 Å². The van der Waals surface area contributed by atoms with Gasteiger partial charge in [0, 0.05) is 25.3 Å². The van der Waals surface area contributed by atoms with Crippen LogP contribution in [0.3, 0.4) is 0 Å². The molecular weight excluding hydrogens is 222 g/mol. The molecule has 0 bridgehead atoms. The molecule has 1 rings (SSSR count). The number of nitrogens with zero attached hydrogens (tertiary/aromatic N) is 2. The summed E-state index contributed by atoms with van der Waals surface area (Å²) in [7, 11) is 1.96. The van der Waals surface area contributed by atoms with E-state index in [0.717, 1.165) is 37.6 Å². The number of anilines is 1. The summed E-state index contributed by atoms with van der Waals surface area (Å²) in [4.78, 5) is 6.84. The smallest absolute Gasteiger partial charge is 0.129 e. The van der Waals surface area contributed by atoms with E-state index in [1.807, 2.05) is 19.2 Å². The summed E-state index contributed by atoms with van der Waals surface area (Å²) >= 11 is 0. The van der Waals surface area contributed by atoms with Gasteiger partial charge in [-0.05, 0) is 31.2 Å². The maximum Gasteiger partial charge on any atom is 0.129 e. The number of rotatable bonds is 8. The molecule has 98 valence electrons. The van der Waals surface area contributed by atoms with Crippen molar-refractivity contribution < 1.29 is 0 Å². The molecule has 0 atom stereocenters. The minimum atomic E-state index is 0.783. The fraction of sp³-hybridized carbons (Fsp3) is 0.400. The molecular formula is C15H23N3. The van der Waals surface area contributed by atoms with E-state index >= 15 is 0 Å². The molecule has 0 amide bonds. The van der Waals surface area contributed by atoms with Crippen molar-refractivity contribution in [2.75, 3.05) is 25.0 Å². The third kappa shape index (κ3) is 4.00. The first-order valence-corrected chi connectivity index (χ1v) is 6.36. The second-order valence-electron chi connectivity index (χ2n) is 4.19. The Balaban J connectivity index is 3.06. The van der Waals surface area contributed by atoms with Gasteiger partial charge in [0.2, 0.25) is 0 Å². The molecule has 0 saturated carbocycles. The van der Waals surface area contributed by atoms with Crippen LogP contribution in [0.1, 0.15) is 18.2 Å². The van der Waals surface area contributed by atoms with E-state index in [4.69, 9.17) is 0 Å². The Morgan fingerprint density at radius 3 is 2.44 bits per heavy atom. The summed E-state index contributed by atoms with van der Waals surface area (Å²) in [5, 5.41) is 3.18. The summed E-state index contributed by atoms with van der Waals surface area (Å²) < 4.78 is 0. The van der Waals surface area contributed by atoms with Crippen molar-refractivity contribution in [1.82, 2.24) is 10.3 Å². The Labute approximate surface area is 110 Å². The third-order valence-corrected chi connectivity index (χ3v) is 2.69. The maximum absolute atomic E-state index is 4.67. The molecule has 0 unspecified atom stereocenters. The molecule has 0 saturated heterocycles.